The van der Waals surface area contributed by atoms with E-state index in [1.54, 1.807) is 4.68 Å². The normalized spacial score (nSPS) is 28.6. The van der Waals surface area contributed by atoms with Gasteiger partial charge in [0.2, 0.25) is 0 Å². The SMILES string of the molecule is CC1CCC(c2nnnn2CC2(C(=O)O)CCCCC2)O1. The van der Waals surface area contributed by atoms with E-state index < -0.39 is 11.4 Å². The molecule has 1 saturated heterocycles. The van der Waals surface area contributed by atoms with Crippen LogP contribution in [0.3, 0.4) is 0 Å². The Hall–Kier alpha value is -1.50. The van der Waals surface area contributed by atoms with Crippen molar-refractivity contribution < 1.29 is 14.6 Å². The first-order valence-corrected chi connectivity index (χ1v) is 7.76. The van der Waals surface area contributed by atoms with Crippen molar-refractivity contribution >= 4 is 5.97 Å². The fourth-order valence-corrected chi connectivity index (χ4v) is 3.50. The van der Waals surface area contributed by atoms with Crippen LogP contribution in [0.15, 0.2) is 0 Å². The quantitative estimate of drug-likeness (QED) is 0.912. The molecule has 1 aromatic rings. The lowest BCUT2D eigenvalue weighted by Crippen LogP contribution is -2.38. The standard InChI is InChI=1S/C14H22N4O3/c1-10-5-6-11(21-10)12-15-16-17-18(12)9-14(13(19)20)7-3-2-4-8-14/h10-11H,2-9H2,1H3,(H,19,20). The van der Waals surface area contributed by atoms with Crippen LogP contribution in [0.25, 0.3) is 0 Å². The van der Waals surface area contributed by atoms with Crippen LogP contribution in [-0.2, 0) is 16.1 Å². The van der Waals surface area contributed by atoms with Crippen LogP contribution in [0.2, 0.25) is 0 Å². The second-order valence-electron chi connectivity index (χ2n) is 6.35. The number of carbonyl (C=O) groups is 1. The van der Waals surface area contributed by atoms with Gasteiger partial charge in [0, 0.05) is 0 Å². The molecule has 21 heavy (non-hydrogen) atoms. The molecule has 7 nitrogen and oxygen atoms in total. The molecule has 3 rings (SSSR count). The van der Waals surface area contributed by atoms with Gasteiger partial charge in [-0.15, -0.1) is 5.10 Å². The monoisotopic (exact) mass is 294 g/mol. The summed E-state index contributed by atoms with van der Waals surface area (Å²) < 4.78 is 7.47. The van der Waals surface area contributed by atoms with E-state index in [1.807, 2.05) is 6.92 Å². The molecule has 116 valence electrons. The summed E-state index contributed by atoms with van der Waals surface area (Å²) in [6.07, 6.45) is 6.41. The first kappa shape index (κ1) is 14.4. The van der Waals surface area contributed by atoms with Gasteiger partial charge in [-0.25, -0.2) is 4.68 Å². The minimum atomic E-state index is -0.732. The molecule has 7 heteroatoms. The number of carboxylic acids is 1. The maximum Gasteiger partial charge on any atom is 0.311 e. The number of hydrogen-bond donors (Lipinski definition) is 1. The van der Waals surface area contributed by atoms with Crippen LogP contribution in [0.4, 0.5) is 0 Å². The van der Waals surface area contributed by atoms with E-state index in [0.717, 1.165) is 32.1 Å². The predicted octanol–water partition coefficient (Wildman–Crippen LogP) is 1.95. The van der Waals surface area contributed by atoms with Gasteiger partial charge in [-0.3, -0.25) is 4.79 Å². The van der Waals surface area contributed by atoms with Crippen molar-refractivity contribution in [3.63, 3.8) is 0 Å². The Bertz CT molecular complexity index is 510. The van der Waals surface area contributed by atoms with Gasteiger partial charge in [0.1, 0.15) is 6.10 Å². The van der Waals surface area contributed by atoms with Crippen LogP contribution in [0, 0.1) is 5.41 Å². The van der Waals surface area contributed by atoms with E-state index in [0.29, 0.717) is 25.2 Å². The van der Waals surface area contributed by atoms with Gasteiger partial charge in [0.25, 0.3) is 0 Å². The molecule has 2 atom stereocenters. The van der Waals surface area contributed by atoms with Crippen molar-refractivity contribution in [2.45, 2.75) is 70.6 Å². The Morgan fingerprint density at radius 1 is 1.38 bits per heavy atom. The number of nitrogens with zero attached hydrogens (tertiary/aromatic N) is 4. The first-order valence-electron chi connectivity index (χ1n) is 7.76. The van der Waals surface area contributed by atoms with Crippen LogP contribution >= 0.6 is 0 Å². The number of rotatable bonds is 4. The van der Waals surface area contributed by atoms with Crippen molar-refractivity contribution in [3.05, 3.63) is 5.82 Å². The summed E-state index contributed by atoms with van der Waals surface area (Å²) in [7, 11) is 0. The highest BCUT2D eigenvalue weighted by atomic mass is 16.5. The molecule has 0 amide bonds. The minimum Gasteiger partial charge on any atom is -0.481 e. The Kier molecular flexibility index (Phi) is 3.93. The molecule has 0 radical (unpaired) electrons. The zero-order valence-electron chi connectivity index (χ0n) is 12.4. The molecule has 1 aliphatic carbocycles. The van der Waals surface area contributed by atoms with Gasteiger partial charge in [-0.2, -0.15) is 0 Å². The van der Waals surface area contributed by atoms with Crippen LogP contribution in [0.1, 0.15) is 63.8 Å². The van der Waals surface area contributed by atoms with Gasteiger partial charge in [0.05, 0.1) is 18.1 Å². The van der Waals surface area contributed by atoms with Gasteiger partial charge in [-0.05, 0) is 43.0 Å². The highest BCUT2D eigenvalue weighted by Crippen LogP contribution is 2.39. The number of hydrogen-bond acceptors (Lipinski definition) is 5. The fourth-order valence-electron chi connectivity index (χ4n) is 3.50. The van der Waals surface area contributed by atoms with Crippen LogP contribution in [0.5, 0.6) is 0 Å². The summed E-state index contributed by atoms with van der Waals surface area (Å²) in [4.78, 5) is 11.8. The molecule has 2 unspecified atom stereocenters. The molecular formula is C14H22N4O3. The maximum absolute atomic E-state index is 11.8. The highest BCUT2D eigenvalue weighted by Gasteiger charge is 2.41. The van der Waals surface area contributed by atoms with Crippen LogP contribution in [-0.4, -0.2) is 37.4 Å². The molecule has 2 heterocycles. The lowest BCUT2D eigenvalue weighted by Gasteiger charge is -2.33. The van der Waals surface area contributed by atoms with E-state index in [9.17, 15) is 9.90 Å². The maximum atomic E-state index is 11.8. The number of aromatic nitrogens is 4. The average Bonchev–Trinajstić information content (AvgIpc) is 3.08. The second kappa shape index (κ2) is 5.71. The van der Waals surface area contributed by atoms with Crippen molar-refractivity contribution in [3.8, 4) is 0 Å². The summed E-state index contributed by atoms with van der Waals surface area (Å²) in [6, 6.07) is 0. The Balaban J connectivity index is 1.81. The van der Waals surface area contributed by atoms with Gasteiger partial charge in [0.15, 0.2) is 5.82 Å². The summed E-state index contributed by atoms with van der Waals surface area (Å²) in [6.45, 7) is 2.38. The van der Waals surface area contributed by atoms with Crippen LogP contribution < -0.4 is 0 Å². The molecule has 0 aromatic carbocycles. The van der Waals surface area contributed by atoms with E-state index in [1.165, 1.54) is 0 Å². The molecule has 2 fully saturated rings. The number of tetrazole rings is 1. The highest BCUT2D eigenvalue weighted by molar-refractivity contribution is 5.74. The zero-order valence-corrected chi connectivity index (χ0v) is 12.4. The minimum absolute atomic E-state index is 0.107. The number of carboxylic acid groups (broad SMARTS) is 1. The summed E-state index contributed by atoms with van der Waals surface area (Å²) in [5.74, 6) is -0.0603. The Morgan fingerprint density at radius 2 is 2.14 bits per heavy atom. The topological polar surface area (TPSA) is 90.1 Å². The van der Waals surface area contributed by atoms with Gasteiger partial charge in [-0.1, -0.05) is 19.3 Å². The van der Waals surface area contributed by atoms with E-state index in [4.69, 9.17) is 4.74 Å². The summed E-state index contributed by atoms with van der Waals surface area (Å²) in [5.41, 5.74) is -0.730. The predicted molar refractivity (Wildman–Crippen MR) is 73.5 cm³/mol. The molecule has 2 aliphatic rings. The summed E-state index contributed by atoms with van der Waals surface area (Å²) >= 11 is 0. The molecular weight excluding hydrogens is 272 g/mol. The van der Waals surface area contributed by atoms with E-state index in [-0.39, 0.29) is 12.2 Å². The smallest absolute Gasteiger partial charge is 0.311 e. The largest absolute Gasteiger partial charge is 0.481 e. The molecule has 0 bridgehead atoms. The zero-order chi connectivity index (χ0) is 14.9. The van der Waals surface area contributed by atoms with Crippen molar-refractivity contribution in [2.75, 3.05) is 0 Å². The third-order valence-electron chi connectivity index (χ3n) is 4.80. The Morgan fingerprint density at radius 3 is 2.76 bits per heavy atom. The molecule has 1 aliphatic heterocycles. The van der Waals surface area contributed by atoms with E-state index in [2.05, 4.69) is 15.5 Å². The molecule has 1 N–H and O–H groups in total. The number of aliphatic carboxylic acids is 1. The van der Waals surface area contributed by atoms with Crippen molar-refractivity contribution in [2.24, 2.45) is 5.41 Å². The number of ether oxygens (including phenoxy) is 1. The molecule has 1 saturated carbocycles. The van der Waals surface area contributed by atoms with Gasteiger partial charge >= 0.3 is 5.97 Å². The van der Waals surface area contributed by atoms with Gasteiger partial charge < -0.3 is 9.84 Å². The van der Waals surface area contributed by atoms with E-state index >= 15 is 0 Å². The van der Waals surface area contributed by atoms with Crippen molar-refractivity contribution in [1.82, 2.24) is 20.2 Å². The molecule has 0 spiro atoms. The first-order chi connectivity index (χ1) is 10.1. The van der Waals surface area contributed by atoms with Crippen molar-refractivity contribution in [1.29, 1.82) is 0 Å². The summed E-state index contributed by atoms with van der Waals surface area (Å²) in [5, 5.41) is 21.5. The lowest BCUT2D eigenvalue weighted by atomic mass is 9.74. The average molecular weight is 294 g/mol. The second-order valence-corrected chi connectivity index (χ2v) is 6.35. The lowest BCUT2D eigenvalue weighted by molar-refractivity contribution is -0.152. The molecule has 1 aromatic heterocycles. The third kappa shape index (κ3) is 2.79. The fraction of sp³-hybridized carbons (Fsp3) is 0.857. The Labute approximate surface area is 123 Å². The third-order valence-corrected chi connectivity index (χ3v) is 4.80.